The van der Waals surface area contributed by atoms with Gasteiger partial charge in [0.25, 0.3) is 0 Å². The molecule has 3 heteroatoms. The van der Waals surface area contributed by atoms with Gasteiger partial charge in [-0.2, -0.15) is 0 Å². The molecule has 1 aromatic rings. The quantitative estimate of drug-likeness (QED) is 0.709. The highest BCUT2D eigenvalue weighted by molar-refractivity contribution is 7.99. The molecule has 2 heterocycles. The summed E-state index contributed by atoms with van der Waals surface area (Å²) in [6, 6.07) is 4.32. The van der Waals surface area contributed by atoms with Gasteiger partial charge in [-0.15, -0.1) is 11.8 Å². The maximum Gasteiger partial charge on any atom is 0.140 e. The zero-order valence-corrected chi connectivity index (χ0v) is 9.74. The van der Waals surface area contributed by atoms with Crippen molar-refractivity contribution in [1.29, 1.82) is 0 Å². The fraction of sp³-hybridized carbons (Fsp3) is 0.545. The average Bonchev–Trinajstić information content (AvgIpc) is 2.16. The van der Waals surface area contributed by atoms with E-state index in [2.05, 4.69) is 43.2 Å². The van der Waals surface area contributed by atoms with Crippen LogP contribution in [0.15, 0.2) is 17.0 Å². The van der Waals surface area contributed by atoms with E-state index in [0.717, 1.165) is 23.8 Å². The summed E-state index contributed by atoms with van der Waals surface area (Å²) in [6.45, 7) is 7.60. The van der Waals surface area contributed by atoms with Gasteiger partial charge in [-0.25, -0.2) is 4.98 Å². The Morgan fingerprint density at radius 1 is 1.36 bits per heavy atom. The van der Waals surface area contributed by atoms with Crippen molar-refractivity contribution in [2.24, 2.45) is 0 Å². The molecule has 0 spiro atoms. The molecule has 0 unspecified atom stereocenters. The smallest absolute Gasteiger partial charge is 0.140 e. The Bertz CT molecular complexity index is 342. The van der Waals surface area contributed by atoms with Crippen molar-refractivity contribution in [3.63, 3.8) is 0 Å². The Hall–Kier alpha value is -0.700. The van der Waals surface area contributed by atoms with Crippen LogP contribution in [0.5, 0.6) is 0 Å². The second kappa shape index (κ2) is 3.46. The Morgan fingerprint density at radius 3 is 2.86 bits per heavy atom. The fourth-order valence-corrected chi connectivity index (χ4v) is 2.28. The van der Waals surface area contributed by atoms with E-state index in [1.165, 1.54) is 4.90 Å². The SMILES string of the molecule is CC(C)(C)c1ccc2c(n1)NCCS2. The normalized spacial score (nSPS) is 15.9. The number of thioether (sulfide) groups is 1. The summed E-state index contributed by atoms with van der Waals surface area (Å²) < 4.78 is 0. The first-order valence-electron chi connectivity index (χ1n) is 4.95. The number of rotatable bonds is 0. The molecule has 0 aromatic carbocycles. The first kappa shape index (κ1) is 9.84. The zero-order chi connectivity index (χ0) is 10.2. The molecule has 0 amide bonds. The number of anilines is 1. The summed E-state index contributed by atoms with van der Waals surface area (Å²) in [7, 11) is 0. The second-order valence-electron chi connectivity index (χ2n) is 4.57. The van der Waals surface area contributed by atoms with Gasteiger partial charge in [0.05, 0.1) is 0 Å². The molecule has 1 N–H and O–H groups in total. The summed E-state index contributed by atoms with van der Waals surface area (Å²) >= 11 is 1.88. The monoisotopic (exact) mass is 208 g/mol. The number of pyridine rings is 1. The molecular formula is C11H16N2S. The Labute approximate surface area is 89.5 Å². The van der Waals surface area contributed by atoms with Crippen LogP contribution in [0, 0.1) is 0 Å². The molecule has 0 atom stereocenters. The third kappa shape index (κ3) is 1.87. The van der Waals surface area contributed by atoms with Crippen molar-refractivity contribution in [3.05, 3.63) is 17.8 Å². The van der Waals surface area contributed by atoms with E-state index in [1.807, 2.05) is 11.8 Å². The molecule has 0 aliphatic carbocycles. The van der Waals surface area contributed by atoms with Gasteiger partial charge >= 0.3 is 0 Å². The van der Waals surface area contributed by atoms with Crippen LogP contribution in [-0.4, -0.2) is 17.3 Å². The summed E-state index contributed by atoms with van der Waals surface area (Å²) in [4.78, 5) is 5.93. The maximum absolute atomic E-state index is 4.65. The highest BCUT2D eigenvalue weighted by Gasteiger charge is 2.18. The van der Waals surface area contributed by atoms with Gasteiger partial charge in [-0.3, -0.25) is 0 Å². The van der Waals surface area contributed by atoms with Crippen molar-refractivity contribution < 1.29 is 0 Å². The Balaban J connectivity index is 2.39. The average molecular weight is 208 g/mol. The predicted octanol–water partition coefficient (Wildman–Crippen LogP) is 2.90. The minimum Gasteiger partial charge on any atom is -0.368 e. The van der Waals surface area contributed by atoms with Crippen LogP contribution in [0.2, 0.25) is 0 Å². The maximum atomic E-state index is 4.65. The van der Waals surface area contributed by atoms with Gasteiger partial charge in [0.2, 0.25) is 0 Å². The van der Waals surface area contributed by atoms with Gasteiger partial charge < -0.3 is 5.32 Å². The van der Waals surface area contributed by atoms with E-state index < -0.39 is 0 Å². The lowest BCUT2D eigenvalue weighted by Crippen LogP contribution is -2.17. The molecule has 0 saturated carbocycles. The van der Waals surface area contributed by atoms with Gasteiger partial charge in [-0.05, 0) is 12.1 Å². The topological polar surface area (TPSA) is 24.9 Å². The predicted molar refractivity (Wildman–Crippen MR) is 62.2 cm³/mol. The molecule has 2 rings (SSSR count). The van der Waals surface area contributed by atoms with Crippen molar-refractivity contribution >= 4 is 17.6 Å². The molecule has 0 bridgehead atoms. The van der Waals surface area contributed by atoms with E-state index in [-0.39, 0.29) is 5.41 Å². The second-order valence-corrected chi connectivity index (χ2v) is 5.71. The lowest BCUT2D eigenvalue weighted by atomic mass is 9.92. The van der Waals surface area contributed by atoms with E-state index in [1.54, 1.807) is 0 Å². The summed E-state index contributed by atoms with van der Waals surface area (Å²) in [5, 5.41) is 3.34. The molecule has 1 aliphatic heterocycles. The van der Waals surface area contributed by atoms with Crippen molar-refractivity contribution in [1.82, 2.24) is 4.98 Å². The van der Waals surface area contributed by atoms with Crippen LogP contribution in [0.4, 0.5) is 5.82 Å². The lowest BCUT2D eigenvalue weighted by Gasteiger charge is -2.22. The largest absolute Gasteiger partial charge is 0.368 e. The molecule has 0 fully saturated rings. The van der Waals surface area contributed by atoms with Gasteiger partial charge in [-0.1, -0.05) is 20.8 Å². The van der Waals surface area contributed by atoms with E-state index in [9.17, 15) is 0 Å². The fourth-order valence-electron chi connectivity index (χ4n) is 1.44. The zero-order valence-electron chi connectivity index (χ0n) is 8.92. The third-order valence-corrected chi connectivity index (χ3v) is 3.33. The Morgan fingerprint density at radius 2 is 2.14 bits per heavy atom. The number of fused-ring (bicyclic) bond motifs is 1. The van der Waals surface area contributed by atoms with E-state index >= 15 is 0 Å². The number of aromatic nitrogens is 1. The van der Waals surface area contributed by atoms with Crippen LogP contribution >= 0.6 is 11.8 Å². The number of hydrogen-bond acceptors (Lipinski definition) is 3. The van der Waals surface area contributed by atoms with Crippen LogP contribution < -0.4 is 5.32 Å². The van der Waals surface area contributed by atoms with Crippen molar-refractivity contribution in [2.75, 3.05) is 17.6 Å². The van der Waals surface area contributed by atoms with Crippen molar-refractivity contribution in [3.8, 4) is 0 Å². The Kier molecular flexibility index (Phi) is 2.43. The minimum atomic E-state index is 0.138. The molecule has 76 valence electrons. The molecule has 14 heavy (non-hydrogen) atoms. The molecule has 0 radical (unpaired) electrons. The summed E-state index contributed by atoms with van der Waals surface area (Å²) in [5.41, 5.74) is 1.30. The summed E-state index contributed by atoms with van der Waals surface area (Å²) in [5.74, 6) is 2.21. The van der Waals surface area contributed by atoms with Gasteiger partial charge in [0, 0.05) is 28.3 Å². The van der Waals surface area contributed by atoms with E-state index in [4.69, 9.17) is 0 Å². The van der Waals surface area contributed by atoms with Gasteiger partial charge in [0.1, 0.15) is 5.82 Å². The van der Waals surface area contributed by atoms with Crippen molar-refractivity contribution in [2.45, 2.75) is 31.1 Å². The van der Waals surface area contributed by atoms with Gasteiger partial charge in [0.15, 0.2) is 0 Å². The highest BCUT2D eigenvalue weighted by atomic mass is 32.2. The number of hydrogen-bond donors (Lipinski definition) is 1. The third-order valence-electron chi connectivity index (χ3n) is 2.28. The standard InChI is InChI=1S/C11H16N2S/c1-11(2,3)9-5-4-8-10(13-9)12-6-7-14-8/h4-5H,6-7H2,1-3H3,(H,12,13). The van der Waals surface area contributed by atoms with E-state index in [0.29, 0.717) is 0 Å². The lowest BCUT2D eigenvalue weighted by molar-refractivity contribution is 0.568. The first-order valence-corrected chi connectivity index (χ1v) is 5.94. The molecule has 0 saturated heterocycles. The highest BCUT2D eigenvalue weighted by Crippen LogP contribution is 2.31. The summed E-state index contributed by atoms with van der Waals surface area (Å²) in [6.07, 6.45) is 0. The van der Waals surface area contributed by atoms with Crippen LogP contribution in [0.25, 0.3) is 0 Å². The van der Waals surface area contributed by atoms with Crippen LogP contribution in [0.1, 0.15) is 26.5 Å². The van der Waals surface area contributed by atoms with Crippen LogP contribution in [0.3, 0.4) is 0 Å². The number of nitrogens with one attached hydrogen (secondary N) is 1. The first-order chi connectivity index (χ1) is 6.57. The van der Waals surface area contributed by atoms with Crippen LogP contribution in [-0.2, 0) is 5.41 Å². The molecule has 1 aromatic heterocycles. The molecule has 2 nitrogen and oxygen atoms in total. The molecule has 1 aliphatic rings. The molecular weight excluding hydrogens is 192 g/mol. The number of nitrogens with zero attached hydrogens (tertiary/aromatic N) is 1. The minimum absolute atomic E-state index is 0.138.